The van der Waals surface area contributed by atoms with E-state index in [1.54, 1.807) is 5.06 Å². The van der Waals surface area contributed by atoms with Crippen molar-refractivity contribution in [2.24, 2.45) is 0 Å². The molecule has 7 heteroatoms. The molecular weight excluding hydrogens is 290 g/mol. The van der Waals surface area contributed by atoms with Gasteiger partial charge in [-0.1, -0.05) is 0 Å². The topological polar surface area (TPSA) is 85.3 Å². The summed E-state index contributed by atoms with van der Waals surface area (Å²) in [6.45, 7) is 7.97. The van der Waals surface area contributed by atoms with Crippen LogP contribution in [0.2, 0.25) is 0 Å². The highest BCUT2D eigenvalue weighted by molar-refractivity contribution is 5.85. The molecule has 0 saturated carbocycles. The molecule has 7 nitrogen and oxygen atoms in total. The van der Waals surface area contributed by atoms with Crippen molar-refractivity contribution in [3.05, 3.63) is 0 Å². The quantitative estimate of drug-likeness (QED) is 0.758. The Morgan fingerprint density at radius 2 is 1.45 bits per heavy atom. The molecule has 0 aromatic heterocycles. The van der Waals surface area contributed by atoms with Crippen molar-refractivity contribution < 1.29 is 29.0 Å². The van der Waals surface area contributed by atoms with Gasteiger partial charge in [0.25, 0.3) is 0 Å². The fourth-order valence-corrected chi connectivity index (χ4v) is 2.97. The summed E-state index contributed by atoms with van der Waals surface area (Å²) in [5, 5.41) is 11.7. The number of aliphatic hydroxyl groups excluding tert-OH is 1. The zero-order valence-electron chi connectivity index (χ0n) is 14.2. The minimum atomic E-state index is -1.74. The van der Waals surface area contributed by atoms with Gasteiger partial charge in [-0.2, -0.15) is 5.06 Å². The monoisotopic (exact) mass is 317 g/mol. The molecule has 0 aromatic rings. The maximum Gasteiger partial charge on any atom is 0.340 e. The number of esters is 2. The minimum Gasteiger partial charge on any atom is -0.467 e. The van der Waals surface area contributed by atoms with Gasteiger partial charge >= 0.3 is 11.9 Å². The van der Waals surface area contributed by atoms with Crippen LogP contribution in [0.3, 0.4) is 0 Å². The molecule has 1 aliphatic rings. The highest BCUT2D eigenvalue weighted by atomic mass is 16.7. The molecule has 1 N–H and O–H groups in total. The van der Waals surface area contributed by atoms with Gasteiger partial charge in [-0.15, -0.1) is 0 Å². The van der Waals surface area contributed by atoms with Gasteiger partial charge in [0, 0.05) is 11.1 Å². The first kappa shape index (κ1) is 18.9. The fraction of sp³-hybridized carbons (Fsp3) is 0.867. The van der Waals surface area contributed by atoms with Gasteiger partial charge in [-0.25, -0.2) is 9.59 Å². The van der Waals surface area contributed by atoms with Crippen LogP contribution in [-0.4, -0.2) is 59.6 Å². The predicted octanol–water partition coefficient (Wildman–Crippen LogP) is 1.04. The number of hydrogen-bond acceptors (Lipinski definition) is 7. The Morgan fingerprint density at radius 3 is 1.86 bits per heavy atom. The minimum absolute atomic E-state index is 0.343. The van der Waals surface area contributed by atoms with Crippen LogP contribution in [0.5, 0.6) is 0 Å². The Labute approximate surface area is 131 Å². The van der Waals surface area contributed by atoms with Crippen LogP contribution in [0.25, 0.3) is 0 Å². The highest BCUT2D eigenvalue weighted by Crippen LogP contribution is 2.39. The van der Waals surface area contributed by atoms with Crippen molar-refractivity contribution in [3.8, 4) is 0 Å². The van der Waals surface area contributed by atoms with Crippen LogP contribution < -0.4 is 0 Å². The Hall–Kier alpha value is -1.18. The number of rotatable bonds is 5. The molecule has 1 saturated heterocycles. The highest BCUT2D eigenvalue weighted by Gasteiger charge is 2.47. The van der Waals surface area contributed by atoms with E-state index in [-0.39, 0.29) is 11.1 Å². The molecule has 22 heavy (non-hydrogen) atoms. The van der Waals surface area contributed by atoms with Crippen LogP contribution in [0.4, 0.5) is 0 Å². The maximum atomic E-state index is 11.9. The summed E-state index contributed by atoms with van der Waals surface area (Å²) in [5.74, 6) is -1.77. The van der Waals surface area contributed by atoms with E-state index >= 15 is 0 Å². The lowest BCUT2D eigenvalue weighted by Gasteiger charge is -2.52. The molecular formula is C15H27NO6. The van der Waals surface area contributed by atoms with Gasteiger partial charge < -0.3 is 14.6 Å². The van der Waals surface area contributed by atoms with Gasteiger partial charge in [0.2, 0.25) is 6.10 Å². The zero-order chi connectivity index (χ0) is 17.1. The zero-order valence-corrected chi connectivity index (χ0v) is 14.2. The third kappa shape index (κ3) is 3.97. The molecule has 1 rings (SSSR count). The third-order valence-electron chi connectivity index (χ3n) is 4.06. The van der Waals surface area contributed by atoms with Gasteiger partial charge in [-0.05, 0) is 47.0 Å². The third-order valence-corrected chi connectivity index (χ3v) is 4.06. The number of hydroxylamine groups is 2. The Bertz CT molecular complexity index is 404. The lowest BCUT2D eigenvalue weighted by Crippen LogP contribution is -2.61. The van der Waals surface area contributed by atoms with Crippen molar-refractivity contribution in [2.75, 3.05) is 14.2 Å². The fourth-order valence-electron chi connectivity index (χ4n) is 2.97. The van der Waals surface area contributed by atoms with Crippen molar-refractivity contribution in [1.29, 1.82) is 0 Å². The van der Waals surface area contributed by atoms with Crippen molar-refractivity contribution in [1.82, 2.24) is 5.06 Å². The number of aliphatic hydroxyl groups is 1. The lowest BCUT2D eigenvalue weighted by atomic mass is 9.82. The average molecular weight is 317 g/mol. The molecule has 128 valence electrons. The second-order valence-corrected chi connectivity index (χ2v) is 6.79. The molecule has 0 spiro atoms. The smallest absolute Gasteiger partial charge is 0.340 e. The van der Waals surface area contributed by atoms with E-state index in [1.165, 1.54) is 7.11 Å². The average Bonchev–Trinajstić information content (AvgIpc) is 2.43. The summed E-state index contributed by atoms with van der Waals surface area (Å²) >= 11 is 0. The van der Waals surface area contributed by atoms with Gasteiger partial charge in [0.15, 0.2) is 6.10 Å². The Kier molecular flexibility index (Phi) is 5.95. The van der Waals surface area contributed by atoms with E-state index in [2.05, 4.69) is 9.47 Å². The van der Waals surface area contributed by atoms with Crippen LogP contribution in [0.1, 0.15) is 47.0 Å². The predicted molar refractivity (Wildman–Crippen MR) is 78.8 cm³/mol. The summed E-state index contributed by atoms with van der Waals surface area (Å²) in [6, 6.07) is 0. The standard InChI is InChI=1S/C15H27NO6/c1-14(2)8-7-9-15(3,4)16(14)22-11(13(19)21-6)10(17)12(18)20-5/h10-11,17H,7-9H2,1-6H3/t10-,11-/m0/s1. The molecule has 0 aliphatic carbocycles. The molecule has 1 fully saturated rings. The van der Waals surface area contributed by atoms with E-state index in [9.17, 15) is 14.7 Å². The van der Waals surface area contributed by atoms with E-state index < -0.39 is 24.1 Å². The number of hydrogen-bond donors (Lipinski definition) is 1. The van der Waals surface area contributed by atoms with Gasteiger partial charge in [-0.3, -0.25) is 4.84 Å². The van der Waals surface area contributed by atoms with Crippen molar-refractivity contribution in [2.45, 2.75) is 70.2 Å². The Balaban J connectivity index is 3.05. The van der Waals surface area contributed by atoms with Crippen LogP contribution in [0.15, 0.2) is 0 Å². The number of methoxy groups -OCH3 is 2. The summed E-state index contributed by atoms with van der Waals surface area (Å²) in [5.41, 5.74) is -0.687. The number of carbonyl (C=O) groups excluding carboxylic acids is 2. The molecule has 1 heterocycles. The molecule has 0 amide bonds. The first-order chi connectivity index (χ1) is 10.1. The van der Waals surface area contributed by atoms with E-state index in [1.807, 2.05) is 27.7 Å². The van der Waals surface area contributed by atoms with Crippen LogP contribution in [-0.2, 0) is 23.9 Å². The van der Waals surface area contributed by atoms with E-state index in [4.69, 9.17) is 4.84 Å². The van der Waals surface area contributed by atoms with Gasteiger partial charge in [0.05, 0.1) is 14.2 Å². The largest absolute Gasteiger partial charge is 0.467 e. The maximum absolute atomic E-state index is 11.9. The molecule has 0 bridgehead atoms. The summed E-state index contributed by atoms with van der Waals surface area (Å²) in [7, 11) is 2.31. The van der Waals surface area contributed by atoms with Crippen LogP contribution >= 0.6 is 0 Å². The van der Waals surface area contributed by atoms with Crippen molar-refractivity contribution >= 4 is 11.9 Å². The number of carbonyl (C=O) groups is 2. The molecule has 0 unspecified atom stereocenters. The lowest BCUT2D eigenvalue weighted by molar-refractivity contribution is -0.312. The summed E-state index contributed by atoms with van der Waals surface area (Å²) in [4.78, 5) is 29.3. The van der Waals surface area contributed by atoms with Crippen molar-refractivity contribution in [3.63, 3.8) is 0 Å². The molecule has 2 atom stereocenters. The van der Waals surface area contributed by atoms with Crippen LogP contribution in [0, 0.1) is 0 Å². The second kappa shape index (κ2) is 6.93. The number of ether oxygens (including phenoxy) is 2. The first-order valence-electron chi connectivity index (χ1n) is 7.37. The SMILES string of the molecule is COC(=O)[C@@H](O)[C@H](ON1C(C)(C)CCCC1(C)C)C(=O)OC. The molecule has 1 aliphatic heterocycles. The van der Waals surface area contributed by atoms with E-state index in [0.29, 0.717) is 0 Å². The first-order valence-corrected chi connectivity index (χ1v) is 7.37. The number of piperidine rings is 1. The Morgan fingerprint density at radius 1 is 1.00 bits per heavy atom. The van der Waals surface area contributed by atoms with Gasteiger partial charge in [0.1, 0.15) is 0 Å². The normalized spacial score (nSPS) is 23.4. The molecule has 0 radical (unpaired) electrons. The summed E-state index contributed by atoms with van der Waals surface area (Å²) in [6.07, 6.45) is -0.431. The van der Waals surface area contributed by atoms with E-state index in [0.717, 1.165) is 26.4 Å². The summed E-state index contributed by atoms with van der Waals surface area (Å²) < 4.78 is 9.13. The second-order valence-electron chi connectivity index (χ2n) is 6.79. The molecule has 0 aromatic carbocycles. The number of nitrogens with zero attached hydrogens (tertiary/aromatic N) is 1.